The van der Waals surface area contributed by atoms with E-state index in [0.29, 0.717) is 11.6 Å². The zero-order valence-electron chi connectivity index (χ0n) is 12.2. The molecular formula is C15H13F3N4S. The van der Waals surface area contributed by atoms with Crippen LogP contribution in [0, 0.1) is 0 Å². The third kappa shape index (κ3) is 2.67. The number of nitrogens with zero attached hydrogens (tertiary/aromatic N) is 3. The Morgan fingerprint density at radius 2 is 2.04 bits per heavy atom. The van der Waals surface area contributed by atoms with Gasteiger partial charge in [0.15, 0.2) is 10.8 Å². The lowest BCUT2D eigenvalue weighted by atomic mass is 10.3. The van der Waals surface area contributed by atoms with Crippen LogP contribution in [0.25, 0.3) is 11.0 Å². The fourth-order valence-electron chi connectivity index (χ4n) is 2.59. The lowest BCUT2D eigenvalue weighted by Gasteiger charge is -2.04. The van der Waals surface area contributed by atoms with E-state index in [1.54, 1.807) is 0 Å². The van der Waals surface area contributed by atoms with Gasteiger partial charge in [0, 0.05) is 24.0 Å². The Hall–Kier alpha value is -2.09. The molecule has 1 aliphatic rings. The SMILES string of the molecule is Cn1c(C2CC2)nc2cc(Nc3nc(C(F)(F)F)cs3)ccc21. The number of nitrogens with one attached hydrogen (secondary N) is 1. The maximum atomic E-state index is 12.6. The molecule has 0 unspecified atom stereocenters. The lowest BCUT2D eigenvalue weighted by molar-refractivity contribution is -0.140. The molecule has 0 bridgehead atoms. The van der Waals surface area contributed by atoms with E-state index < -0.39 is 11.9 Å². The quantitative estimate of drug-likeness (QED) is 0.755. The van der Waals surface area contributed by atoms with Crippen molar-refractivity contribution in [3.8, 4) is 0 Å². The number of fused-ring (bicyclic) bond motifs is 1. The molecule has 0 spiro atoms. The van der Waals surface area contributed by atoms with Gasteiger partial charge in [-0.25, -0.2) is 9.97 Å². The number of halogens is 3. The maximum absolute atomic E-state index is 12.6. The highest BCUT2D eigenvalue weighted by molar-refractivity contribution is 7.13. The lowest BCUT2D eigenvalue weighted by Crippen LogP contribution is -2.05. The Kier molecular flexibility index (Phi) is 3.12. The Labute approximate surface area is 134 Å². The van der Waals surface area contributed by atoms with E-state index in [1.165, 1.54) is 12.8 Å². The van der Waals surface area contributed by atoms with E-state index in [4.69, 9.17) is 0 Å². The van der Waals surface area contributed by atoms with Crippen molar-refractivity contribution in [2.24, 2.45) is 7.05 Å². The molecule has 1 fully saturated rings. The van der Waals surface area contributed by atoms with E-state index in [-0.39, 0.29) is 5.13 Å². The smallest absolute Gasteiger partial charge is 0.331 e. The molecule has 3 aromatic rings. The van der Waals surface area contributed by atoms with Gasteiger partial charge >= 0.3 is 6.18 Å². The molecule has 1 aliphatic carbocycles. The number of imidazole rings is 1. The number of hydrogen-bond acceptors (Lipinski definition) is 4. The maximum Gasteiger partial charge on any atom is 0.434 e. The summed E-state index contributed by atoms with van der Waals surface area (Å²) in [5.74, 6) is 1.61. The van der Waals surface area contributed by atoms with Crippen molar-refractivity contribution in [1.29, 1.82) is 0 Å². The summed E-state index contributed by atoms with van der Waals surface area (Å²) in [6, 6.07) is 5.60. The molecular weight excluding hydrogens is 325 g/mol. The van der Waals surface area contributed by atoms with Gasteiger partial charge < -0.3 is 9.88 Å². The Bertz CT molecular complexity index is 877. The third-order valence-electron chi connectivity index (χ3n) is 3.90. The van der Waals surface area contributed by atoms with Gasteiger partial charge in [0.05, 0.1) is 11.0 Å². The Morgan fingerprint density at radius 1 is 1.26 bits per heavy atom. The number of aromatic nitrogens is 3. The van der Waals surface area contributed by atoms with Crippen molar-refractivity contribution in [3.05, 3.63) is 35.1 Å². The molecule has 1 N–H and O–H groups in total. The van der Waals surface area contributed by atoms with Crippen LogP contribution in [0.5, 0.6) is 0 Å². The summed E-state index contributed by atoms with van der Waals surface area (Å²) in [7, 11) is 1.99. The molecule has 0 amide bonds. The summed E-state index contributed by atoms with van der Waals surface area (Å²) >= 11 is 0.932. The van der Waals surface area contributed by atoms with Crippen molar-refractivity contribution < 1.29 is 13.2 Å². The molecule has 0 radical (unpaired) electrons. The Morgan fingerprint density at radius 3 is 2.70 bits per heavy atom. The number of rotatable bonds is 3. The summed E-state index contributed by atoms with van der Waals surface area (Å²) < 4.78 is 39.8. The number of hydrogen-bond donors (Lipinski definition) is 1. The largest absolute Gasteiger partial charge is 0.434 e. The van der Waals surface area contributed by atoms with Gasteiger partial charge in [0.2, 0.25) is 0 Å². The second-order valence-corrected chi connectivity index (χ2v) is 6.53. The highest BCUT2D eigenvalue weighted by Gasteiger charge is 2.33. The van der Waals surface area contributed by atoms with Gasteiger partial charge in [-0.05, 0) is 31.0 Å². The zero-order valence-corrected chi connectivity index (χ0v) is 13.0. The van der Waals surface area contributed by atoms with Gasteiger partial charge in [-0.3, -0.25) is 0 Å². The molecule has 0 aliphatic heterocycles. The summed E-state index contributed by atoms with van der Waals surface area (Å²) in [5, 5.41) is 4.14. The van der Waals surface area contributed by atoms with Crippen LogP contribution in [-0.4, -0.2) is 14.5 Å². The number of thiazole rings is 1. The second-order valence-electron chi connectivity index (χ2n) is 5.67. The molecule has 1 aromatic carbocycles. The van der Waals surface area contributed by atoms with Crippen molar-refractivity contribution in [1.82, 2.24) is 14.5 Å². The van der Waals surface area contributed by atoms with Gasteiger partial charge in [0.1, 0.15) is 5.82 Å². The molecule has 0 atom stereocenters. The molecule has 2 aromatic heterocycles. The van der Waals surface area contributed by atoms with Crippen molar-refractivity contribution >= 4 is 33.2 Å². The first-order valence-electron chi connectivity index (χ1n) is 7.18. The minimum absolute atomic E-state index is 0.218. The summed E-state index contributed by atoms with van der Waals surface area (Å²) in [6.07, 6.45) is -2.08. The number of anilines is 2. The van der Waals surface area contributed by atoms with E-state index in [2.05, 4.69) is 19.9 Å². The number of alkyl halides is 3. The van der Waals surface area contributed by atoms with Crippen LogP contribution in [0.4, 0.5) is 24.0 Å². The summed E-state index contributed by atoms with van der Waals surface area (Å²) in [4.78, 5) is 8.22. The minimum Gasteiger partial charge on any atom is -0.331 e. The second kappa shape index (κ2) is 4.95. The fraction of sp³-hybridized carbons (Fsp3) is 0.333. The van der Waals surface area contributed by atoms with Crippen LogP contribution in [0.1, 0.15) is 30.3 Å². The average Bonchev–Trinajstić information content (AvgIpc) is 3.12. The molecule has 1 saturated carbocycles. The van der Waals surface area contributed by atoms with Crippen LogP contribution in [0.3, 0.4) is 0 Å². The standard InChI is InChI=1S/C15H13F3N4S/c1-22-11-5-4-9(6-10(11)20-13(22)8-2-3-8)19-14-21-12(7-23-14)15(16,17)18/h4-8H,2-3H2,1H3,(H,19,21). The molecule has 0 saturated heterocycles. The monoisotopic (exact) mass is 338 g/mol. The summed E-state index contributed by atoms with van der Waals surface area (Å²) in [6.45, 7) is 0. The first-order valence-corrected chi connectivity index (χ1v) is 8.06. The first-order chi connectivity index (χ1) is 10.9. The zero-order chi connectivity index (χ0) is 16.2. The van der Waals surface area contributed by atoms with E-state index in [9.17, 15) is 13.2 Å². The Balaban J connectivity index is 1.63. The number of aryl methyl sites for hydroxylation is 1. The minimum atomic E-state index is -4.42. The van der Waals surface area contributed by atoms with Crippen LogP contribution in [0.2, 0.25) is 0 Å². The fourth-order valence-corrected chi connectivity index (χ4v) is 3.33. The molecule has 23 heavy (non-hydrogen) atoms. The third-order valence-corrected chi connectivity index (χ3v) is 4.66. The predicted molar refractivity (Wildman–Crippen MR) is 83.1 cm³/mol. The van der Waals surface area contributed by atoms with Crippen LogP contribution < -0.4 is 5.32 Å². The highest BCUT2D eigenvalue weighted by atomic mass is 32.1. The predicted octanol–water partition coefficient (Wildman–Crippen LogP) is 4.67. The van der Waals surface area contributed by atoms with Gasteiger partial charge in [-0.2, -0.15) is 13.2 Å². The topological polar surface area (TPSA) is 42.7 Å². The molecule has 120 valence electrons. The van der Waals surface area contributed by atoms with Crippen molar-refractivity contribution in [2.75, 3.05) is 5.32 Å². The molecule has 4 nitrogen and oxygen atoms in total. The normalized spacial score (nSPS) is 15.3. The number of benzene rings is 1. The molecule has 4 rings (SSSR count). The first kappa shape index (κ1) is 14.5. The van der Waals surface area contributed by atoms with E-state index in [0.717, 1.165) is 33.6 Å². The van der Waals surface area contributed by atoms with Crippen molar-refractivity contribution in [3.63, 3.8) is 0 Å². The van der Waals surface area contributed by atoms with Crippen molar-refractivity contribution in [2.45, 2.75) is 24.9 Å². The highest BCUT2D eigenvalue weighted by Crippen LogP contribution is 2.40. The van der Waals surface area contributed by atoms with Crippen LogP contribution >= 0.6 is 11.3 Å². The van der Waals surface area contributed by atoms with E-state index in [1.807, 2.05) is 25.2 Å². The van der Waals surface area contributed by atoms with Gasteiger partial charge in [0.25, 0.3) is 0 Å². The van der Waals surface area contributed by atoms with E-state index >= 15 is 0 Å². The summed E-state index contributed by atoms with van der Waals surface area (Å²) in [5.41, 5.74) is 1.67. The van der Waals surface area contributed by atoms with Crippen LogP contribution in [0.15, 0.2) is 23.6 Å². The molecule has 2 heterocycles. The van der Waals surface area contributed by atoms with Gasteiger partial charge in [-0.15, -0.1) is 11.3 Å². The molecule has 8 heteroatoms. The average molecular weight is 338 g/mol. The van der Waals surface area contributed by atoms with Gasteiger partial charge in [-0.1, -0.05) is 0 Å². The van der Waals surface area contributed by atoms with Crippen LogP contribution in [-0.2, 0) is 13.2 Å².